The summed E-state index contributed by atoms with van der Waals surface area (Å²) >= 11 is 1.75. The molecule has 0 saturated carbocycles. The maximum absolute atomic E-state index is 6.25. The van der Waals surface area contributed by atoms with Crippen LogP contribution in [0.4, 0.5) is 0 Å². The van der Waals surface area contributed by atoms with Crippen LogP contribution >= 0.6 is 32.9 Å². The van der Waals surface area contributed by atoms with E-state index in [2.05, 4.69) is 45.9 Å². The van der Waals surface area contributed by atoms with Gasteiger partial charge in [0.1, 0.15) is 0 Å². The first-order valence-corrected chi connectivity index (χ1v) is 14.7. The molecule has 0 saturated heterocycles. The highest BCUT2D eigenvalue weighted by atomic mass is 33.1. The number of thiazole rings is 1. The second-order valence-electron chi connectivity index (χ2n) is 6.37. The minimum Gasteiger partial charge on any atom is -0.373 e. The Labute approximate surface area is 176 Å². The fourth-order valence-corrected chi connectivity index (χ4v) is 10.0. The van der Waals surface area contributed by atoms with Gasteiger partial charge in [-0.05, 0) is 42.2 Å². The first-order chi connectivity index (χ1) is 13.1. The molecule has 2 rings (SSSR count). The largest absolute Gasteiger partial charge is 0.504 e. The van der Waals surface area contributed by atoms with E-state index in [0.29, 0.717) is 19.8 Å². The van der Waals surface area contributed by atoms with Gasteiger partial charge in [0.05, 0.1) is 10.2 Å². The minimum atomic E-state index is -2.68. The van der Waals surface area contributed by atoms with Gasteiger partial charge in [0.25, 0.3) is 0 Å². The Morgan fingerprint density at radius 1 is 1.00 bits per heavy atom. The van der Waals surface area contributed by atoms with E-state index in [1.807, 2.05) is 16.9 Å². The second-order valence-corrected chi connectivity index (χ2v) is 13.0. The van der Waals surface area contributed by atoms with Gasteiger partial charge in [-0.3, -0.25) is 0 Å². The fraction of sp³-hybridized carbons (Fsp3) is 0.632. The number of fused-ring (bicyclic) bond motifs is 1. The second kappa shape index (κ2) is 12.5. The maximum atomic E-state index is 6.25. The molecule has 1 unspecified atom stereocenters. The molecule has 0 amide bonds. The van der Waals surface area contributed by atoms with Crippen molar-refractivity contribution in [3.8, 4) is 0 Å². The first kappa shape index (κ1) is 23.2. The third-order valence-electron chi connectivity index (χ3n) is 3.85. The van der Waals surface area contributed by atoms with Gasteiger partial charge < -0.3 is 13.3 Å². The molecule has 0 spiro atoms. The number of benzene rings is 1. The number of para-hydroxylation sites is 1. The van der Waals surface area contributed by atoms with Crippen LogP contribution in [0.25, 0.3) is 10.2 Å². The molecule has 0 bridgehead atoms. The Hall–Kier alpha value is -0.0931. The van der Waals surface area contributed by atoms with Crippen LogP contribution in [-0.4, -0.2) is 39.4 Å². The quantitative estimate of drug-likeness (QED) is 0.240. The maximum Gasteiger partial charge on any atom is 0.504 e. The van der Waals surface area contributed by atoms with Gasteiger partial charge >= 0.3 is 8.80 Å². The predicted octanol–water partition coefficient (Wildman–Crippen LogP) is 6.65. The molecule has 0 aliphatic heterocycles. The molecule has 2 aromatic rings. The van der Waals surface area contributed by atoms with Crippen molar-refractivity contribution in [3.63, 3.8) is 0 Å². The Kier molecular flexibility index (Phi) is 10.7. The highest BCUT2D eigenvalue weighted by molar-refractivity contribution is 8.77. The molecule has 152 valence electrons. The highest BCUT2D eigenvalue weighted by Gasteiger charge is 2.47. The monoisotopic (exact) mass is 445 g/mol. The molecular formula is C19H31NO3S3Si. The average molecular weight is 446 g/mol. The van der Waals surface area contributed by atoms with E-state index in [1.54, 1.807) is 22.1 Å². The van der Waals surface area contributed by atoms with E-state index in [4.69, 9.17) is 18.3 Å². The van der Waals surface area contributed by atoms with Gasteiger partial charge in [0, 0.05) is 31.1 Å². The minimum absolute atomic E-state index is 0.244. The third kappa shape index (κ3) is 7.03. The molecule has 0 fully saturated rings. The standard InChI is InChI=1S/C19H31NO3S3Si/c1-5-12-21-27(22-13-6-2,23-14-7-3)16(4)15-24-26-19-20-17-10-8-9-11-18(17)25-19/h8-11,16H,5-7,12-15H2,1-4H3. The lowest BCUT2D eigenvalue weighted by atomic mass is 10.3. The average Bonchev–Trinajstić information content (AvgIpc) is 3.10. The smallest absolute Gasteiger partial charge is 0.373 e. The van der Waals surface area contributed by atoms with Crippen molar-refractivity contribution in [3.05, 3.63) is 24.3 Å². The van der Waals surface area contributed by atoms with Crippen molar-refractivity contribution >= 4 is 51.9 Å². The van der Waals surface area contributed by atoms with Crippen LogP contribution in [-0.2, 0) is 13.3 Å². The van der Waals surface area contributed by atoms with Gasteiger partial charge in [-0.2, -0.15) is 0 Å². The molecule has 4 nitrogen and oxygen atoms in total. The molecule has 1 aromatic heterocycles. The topological polar surface area (TPSA) is 40.6 Å². The van der Waals surface area contributed by atoms with E-state index >= 15 is 0 Å². The van der Waals surface area contributed by atoms with Crippen molar-refractivity contribution in [2.75, 3.05) is 25.6 Å². The zero-order chi connectivity index (χ0) is 19.5. The van der Waals surface area contributed by atoms with Crippen LogP contribution in [0.15, 0.2) is 28.6 Å². The summed E-state index contributed by atoms with van der Waals surface area (Å²) in [7, 11) is 0.875. The van der Waals surface area contributed by atoms with E-state index < -0.39 is 8.80 Å². The summed E-state index contributed by atoms with van der Waals surface area (Å²) < 4.78 is 21.1. The van der Waals surface area contributed by atoms with Crippen LogP contribution in [0.2, 0.25) is 5.54 Å². The van der Waals surface area contributed by atoms with Gasteiger partial charge in [0.15, 0.2) is 4.34 Å². The third-order valence-corrected chi connectivity index (χ3v) is 11.2. The van der Waals surface area contributed by atoms with Crippen molar-refractivity contribution < 1.29 is 13.3 Å². The van der Waals surface area contributed by atoms with Crippen LogP contribution in [0.1, 0.15) is 47.0 Å². The van der Waals surface area contributed by atoms with Gasteiger partial charge in [-0.25, -0.2) is 4.98 Å². The fourth-order valence-electron chi connectivity index (χ4n) is 2.46. The van der Waals surface area contributed by atoms with E-state index in [9.17, 15) is 0 Å². The van der Waals surface area contributed by atoms with Crippen molar-refractivity contribution in [2.45, 2.75) is 56.8 Å². The predicted molar refractivity (Wildman–Crippen MR) is 122 cm³/mol. The summed E-state index contributed by atoms with van der Waals surface area (Å²) in [6.45, 7) is 10.7. The van der Waals surface area contributed by atoms with Crippen LogP contribution in [0.3, 0.4) is 0 Å². The van der Waals surface area contributed by atoms with Crippen molar-refractivity contribution in [2.24, 2.45) is 0 Å². The molecule has 0 aliphatic carbocycles. The molecule has 0 radical (unpaired) electrons. The van der Waals surface area contributed by atoms with Crippen LogP contribution < -0.4 is 0 Å². The zero-order valence-corrected chi connectivity index (χ0v) is 20.2. The Morgan fingerprint density at radius 3 is 2.15 bits per heavy atom. The molecule has 0 N–H and O–H groups in total. The van der Waals surface area contributed by atoms with E-state index in [1.165, 1.54) is 4.70 Å². The lowest BCUT2D eigenvalue weighted by Gasteiger charge is -2.34. The summed E-state index contributed by atoms with van der Waals surface area (Å²) in [5.41, 5.74) is 1.32. The van der Waals surface area contributed by atoms with Crippen molar-refractivity contribution in [1.82, 2.24) is 4.98 Å². The molecule has 1 atom stereocenters. The van der Waals surface area contributed by atoms with Crippen LogP contribution in [0, 0.1) is 0 Å². The summed E-state index contributed by atoms with van der Waals surface area (Å²) in [6, 6.07) is 8.28. The number of nitrogens with zero attached hydrogens (tertiary/aromatic N) is 1. The number of hydrogen-bond donors (Lipinski definition) is 0. The number of aromatic nitrogens is 1. The zero-order valence-electron chi connectivity index (χ0n) is 16.7. The molecule has 1 aromatic carbocycles. The molecule has 8 heteroatoms. The summed E-state index contributed by atoms with van der Waals surface area (Å²) in [5, 5.41) is 0. The van der Waals surface area contributed by atoms with E-state index in [0.717, 1.165) is 34.9 Å². The summed E-state index contributed by atoms with van der Waals surface area (Å²) in [6.07, 6.45) is 2.92. The Balaban J connectivity index is 1.98. The lowest BCUT2D eigenvalue weighted by molar-refractivity contribution is 0.0529. The summed E-state index contributed by atoms with van der Waals surface area (Å²) in [5.74, 6) is 0.921. The van der Waals surface area contributed by atoms with Crippen molar-refractivity contribution in [1.29, 1.82) is 0 Å². The molecule has 1 heterocycles. The molecule has 27 heavy (non-hydrogen) atoms. The highest BCUT2D eigenvalue weighted by Crippen LogP contribution is 2.40. The normalized spacial score (nSPS) is 13.3. The first-order valence-electron chi connectivity index (χ1n) is 9.72. The lowest BCUT2D eigenvalue weighted by Crippen LogP contribution is -2.50. The number of rotatable bonds is 14. The molecular weight excluding hydrogens is 415 g/mol. The summed E-state index contributed by atoms with van der Waals surface area (Å²) in [4.78, 5) is 4.70. The Morgan fingerprint density at radius 2 is 1.59 bits per heavy atom. The number of hydrogen-bond acceptors (Lipinski definition) is 7. The van der Waals surface area contributed by atoms with Gasteiger partial charge in [0.2, 0.25) is 0 Å². The Bertz CT molecular complexity index is 616. The molecule has 0 aliphatic rings. The van der Waals surface area contributed by atoms with Gasteiger partial charge in [-0.15, -0.1) is 11.3 Å². The SMILES string of the molecule is CCCO[Si](OCCC)(OCCC)C(C)CSSc1nc2ccccc2s1. The van der Waals surface area contributed by atoms with Gasteiger partial charge in [-0.1, -0.05) is 50.6 Å². The van der Waals surface area contributed by atoms with E-state index in [-0.39, 0.29) is 5.54 Å². The van der Waals surface area contributed by atoms with Crippen LogP contribution in [0.5, 0.6) is 0 Å².